The van der Waals surface area contributed by atoms with Gasteiger partial charge >= 0.3 is 12.2 Å². The van der Waals surface area contributed by atoms with Crippen molar-refractivity contribution in [1.82, 2.24) is 5.32 Å². The van der Waals surface area contributed by atoms with Gasteiger partial charge in [0.2, 0.25) is 0 Å². The number of carbonyl (C=O) groups is 3. The molecule has 0 bridgehead atoms. The molecule has 1 aliphatic heterocycles. The van der Waals surface area contributed by atoms with Crippen molar-refractivity contribution < 1.29 is 27.6 Å². The lowest BCUT2D eigenvalue weighted by Crippen LogP contribution is -2.54. The van der Waals surface area contributed by atoms with Crippen molar-refractivity contribution in [2.75, 3.05) is 23.9 Å². The summed E-state index contributed by atoms with van der Waals surface area (Å²) in [6, 6.07) is 7.87. The van der Waals surface area contributed by atoms with E-state index >= 15 is 0 Å². The molecule has 1 aliphatic rings. The highest BCUT2D eigenvalue weighted by atomic mass is 35.5. The van der Waals surface area contributed by atoms with Gasteiger partial charge in [-0.25, -0.2) is 9.69 Å². The minimum absolute atomic E-state index is 0.254. The van der Waals surface area contributed by atoms with Gasteiger partial charge in [-0.1, -0.05) is 23.7 Å². The monoisotopic (exact) mass is 437 g/mol. The summed E-state index contributed by atoms with van der Waals surface area (Å²) in [4.78, 5) is 39.6. The molecule has 0 atom stereocenters. The lowest BCUT2D eigenvalue weighted by Gasteiger charge is -2.27. The van der Waals surface area contributed by atoms with Gasteiger partial charge in [-0.2, -0.15) is 13.2 Å². The van der Waals surface area contributed by atoms with Crippen molar-refractivity contribution in [2.24, 2.45) is 0 Å². The van der Waals surface area contributed by atoms with E-state index in [-0.39, 0.29) is 5.02 Å². The number of nitrogens with one attached hydrogen (secondary N) is 1. The molecule has 4 amide bonds. The molecule has 1 saturated heterocycles. The second-order valence-electron chi connectivity index (χ2n) is 6.61. The normalized spacial score (nSPS) is 16.1. The van der Waals surface area contributed by atoms with E-state index in [1.807, 2.05) is 24.3 Å². The maximum absolute atomic E-state index is 13.1. The van der Waals surface area contributed by atoms with Crippen molar-refractivity contribution in [3.8, 4) is 0 Å². The molecular formula is C20H15ClF3N3O3. The van der Waals surface area contributed by atoms with Gasteiger partial charge in [0, 0.05) is 19.8 Å². The molecule has 156 valence electrons. The molecule has 1 N–H and O–H groups in total. The van der Waals surface area contributed by atoms with Crippen molar-refractivity contribution in [3.63, 3.8) is 0 Å². The van der Waals surface area contributed by atoms with E-state index in [0.29, 0.717) is 16.5 Å². The van der Waals surface area contributed by atoms with Crippen LogP contribution in [0.25, 0.3) is 6.08 Å². The second kappa shape index (κ2) is 7.83. The number of barbiturate groups is 1. The Morgan fingerprint density at radius 3 is 2.23 bits per heavy atom. The quantitative estimate of drug-likeness (QED) is 0.580. The number of carbonyl (C=O) groups excluding carboxylic acids is 3. The summed E-state index contributed by atoms with van der Waals surface area (Å²) >= 11 is 5.95. The Labute approximate surface area is 174 Å². The summed E-state index contributed by atoms with van der Waals surface area (Å²) in [7, 11) is 3.68. The minimum Gasteiger partial charge on any atom is -0.378 e. The molecular weight excluding hydrogens is 423 g/mol. The van der Waals surface area contributed by atoms with E-state index in [0.717, 1.165) is 17.8 Å². The van der Waals surface area contributed by atoms with Crippen LogP contribution in [0.1, 0.15) is 11.1 Å². The number of anilines is 2. The molecule has 0 aromatic heterocycles. The zero-order valence-electron chi connectivity index (χ0n) is 15.7. The van der Waals surface area contributed by atoms with Gasteiger partial charge in [-0.05, 0) is 42.0 Å². The third-order valence-corrected chi connectivity index (χ3v) is 4.66. The molecule has 10 heteroatoms. The van der Waals surface area contributed by atoms with Crippen LogP contribution >= 0.6 is 11.6 Å². The van der Waals surface area contributed by atoms with Gasteiger partial charge in [0.15, 0.2) is 0 Å². The topological polar surface area (TPSA) is 69.7 Å². The van der Waals surface area contributed by atoms with E-state index in [1.165, 1.54) is 6.08 Å². The zero-order valence-corrected chi connectivity index (χ0v) is 16.5. The minimum atomic E-state index is -4.71. The van der Waals surface area contributed by atoms with Gasteiger partial charge in [0.25, 0.3) is 11.8 Å². The molecule has 0 spiro atoms. The molecule has 2 aromatic rings. The van der Waals surface area contributed by atoms with Gasteiger partial charge in [-0.3, -0.25) is 14.9 Å². The van der Waals surface area contributed by atoms with Crippen LogP contribution in [0.3, 0.4) is 0 Å². The van der Waals surface area contributed by atoms with Crippen molar-refractivity contribution >= 4 is 46.9 Å². The van der Waals surface area contributed by atoms with Crippen LogP contribution in [-0.4, -0.2) is 31.9 Å². The van der Waals surface area contributed by atoms with Crippen molar-refractivity contribution in [1.29, 1.82) is 0 Å². The number of amides is 4. The predicted octanol–water partition coefficient (Wildman–Crippen LogP) is 4.09. The average molecular weight is 438 g/mol. The Morgan fingerprint density at radius 1 is 1.03 bits per heavy atom. The highest BCUT2D eigenvalue weighted by Gasteiger charge is 2.39. The van der Waals surface area contributed by atoms with E-state index in [1.54, 1.807) is 24.3 Å². The molecule has 30 heavy (non-hydrogen) atoms. The van der Waals surface area contributed by atoms with E-state index < -0.39 is 40.8 Å². The largest absolute Gasteiger partial charge is 0.416 e. The van der Waals surface area contributed by atoms with Gasteiger partial charge in [0.05, 0.1) is 16.3 Å². The first kappa shape index (κ1) is 21.4. The number of hydrogen-bond acceptors (Lipinski definition) is 4. The van der Waals surface area contributed by atoms with Crippen LogP contribution in [0.2, 0.25) is 5.02 Å². The van der Waals surface area contributed by atoms with E-state index in [9.17, 15) is 27.6 Å². The van der Waals surface area contributed by atoms with E-state index in [4.69, 9.17) is 11.6 Å². The highest BCUT2D eigenvalue weighted by Crippen LogP contribution is 2.36. The van der Waals surface area contributed by atoms with Crippen molar-refractivity contribution in [3.05, 3.63) is 64.2 Å². The summed E-state index contributed by atoms with van der Waals surface area (Å²) < 4.78 is 39.2. The lowest BCUT2D eigenvalue weighted by atomic mass is 10.1. The molecule has 0 saturated carbocycles. The predicted molar refractivity (Wildman–Crippen MR) is 106 cm³/mol. The number of nitrogens with zero attached hydrogens (tertiary/aromatic N) is 2. The zero-order chi connectivity index (χ0) is 22.2. The van der Waals surface area contributed by atoms with Crippen LogP contribution in [0.4, 0.5) is 29.3 Å². The summed E-state index contributed by atoms with van der Waals surface area (Å²) in [5.41, 5.74) is -0.618. The Bertz CT molecular complexity index is 1060. The SMILES string of the molecule is CN(C)c1ccc(/C=C2\C(=O)NC(=O)N(c3cc(C(F)(F)F)ccc3Cl)C2=O)cc1. The number of rotatable bonds is 3. The molecule has 1 fully saturated rings. The highest BCUT2D eigenvalue weighted by molar-refractivity contribution is 6.42. The molecule has 2 aromatic carbocycles. The van der Waals surface area contributed by atoms with Crippen LogP contribution < -0.4 is 15.1 Å². The molecule has 0 unspecified atom stereocenters. The number of hydrogen-bond donors (Lipinski definition) is 1. The van der Waals surface area contributed by atoms with Gasteiger partial charge in [0.1, 0.15) is 5.57 Å². The molecule has 0 radical (unpaired) electrons. The third-order valence-electron chi connectivity index (χ3n) is 4.34. The van der Waals surface area contributed by atoms with Crippen molar-refractivity contribution in [2.45, 2.75) is 6.18 Å². The number of halogens is 4. The number of imide groups is 2. The molecule has 0 aliphatic carbocycles. The van der Waals surface area contributed by atoms with Crippen LogP contribution in [0.5, 0.6) is 0 Å². The first-order chi connectivity index (χ1) is 14.0. The fourth-order valence-corrected chi connectivity index (χ4v) is 2.97. The van der Waals surface area contributed by atoms with Gasteiger partial charge in [-0.15, -0.1) is 0 Å². The summed E-state index contributed by atoms with van der Waals surface area (Å²) in [5, 5.41) is 1.70. The van der Waals surface area contributed by atoms with Crippen LogP contribution in [-0.2, 0) is 15.8 Å². The van der Waals surface area contributed by atoms with Crippen LogP contribution in [0, 0.1) is 0 Å². The fourth-order valence-electron chi connectivity index (χ4n) is 2.77. The molecule has 6 nitrogen and oxygen atoms in total. The van der Waals surface area contributed by atoms with E-state index in [2.05, 4.69) is 0 Å². The Morgan fingerprint density at radius 2 is 1.67 bits per heavy atom. The number of urea groups is 1. The third kappa shape index (κ3) is 4.16. The first-order valence-electron chi connectivity index (χ1n) is 8.54. The maximum Gasteiger partial charge on any atom is 0.416 e. The number of alkyl halides is 3. The standard InChI is InChI=1S/C20H15ClF3N3O3/c1-26(2)13-6-3-11(4-7-13)9-14-17(28)25-19(30)27(18(14)29)16-10-12(20(22,23)24)5-8-15(16)21/h3-10H,1-2H3,(H,25,28,30)/b14-9+. The molecule has 3 rings (SSSR count). The summed E-state index contributed by atoms with van der Waals surface area (Å²) in [5.74, 6) is -2.04. The smallest absolute Gasteiger partial charge is 0.378 e. The summed E-state index contributed by atoms with van der Waals surface area (Å²) in [6.07, 6.45) is -3.46. The Balaban J connectivity index is 2.03. The average Bonchev–Trinajstić information content (AvgIpc) is 2.66. The number of benzene rings is 2. The second-order valence-corrected chi connectivity index (χ2v) is 7.01. The summed E-state index contributed by atoms with van der Waals surface area (Å²) in [6.45, 7) is 0. The molecule has 1 heterocycles. The fraction of sp³-hybridized carbons (Fsp3) is 0.150. The Hall–Kier alpha value is -3.33. The lowest BCUT2D eigenvalue weighted by molar-refractivity contribution is -0.137. The van der Waals surface area contributed by atoms with Gasteiger partial charge < -0.3 is 4.90 Å². The Kier molecular flexibility index (Phi) is 5.58. The maximum atomic E-state index is 13.1. The van der Waals surface area contributed by atoms with Crippen LogP contribution in [0.15, 0.2) is 48.0 Å². The first-order valence-corrected chi connectivity index (χ1v) is 8.92.